The lowest BCUT2D eigenvalue weighted by atomic mass is 10.0. The Labute approximate surface area is 283 Å². The summed E-state index contributed by atoms with van der Waals surface area (Å²) in [6.45, 7) is 7.75. The Morgan fingerprint density at radius 3 is 2.67 bits per heavy atom. The average Bonchev–Trinajstić information content (AvgIpc) is 3.51. The molecule has 4 heterocycles. The van der Waals surface area contributed by atoms with Crippen LogP contribution in [0.15, 0.2) is 59.6 Å². The molecule has 0 radical (unpaired) electrons. The standard InChI is InChI=1S/C34H43F3N8O4/c1-6-48-26-16-22(32(46)42-28-17-23(11-12-40-28)34(35,36)37)9-10-24(26)29(39-4)30-31(38)41-13-15-44(30)21(3)27-18-45(20(2)19-49-27)33(47)25-8-7-14-43(25)5/h9-13,15-17,20-21,25,27,39H,6-8,14,18-19H2,1-5H3,(H2,38,41)(H,40,42,46)/b30-29-/t20-,21+,25+,27-/m1/s1. The summed E-state index contributed by atoms with van der Waals surface area (Å²) in [6, 6.07) is 5.83. The maximum absolute atomic E-state index is 13.6. The van der Waals surface area contributed by atoms with Gasteiger partial charge in [0.05, 0.1) is 48.7 Å². The third kappa shape index (κ3) is 7.67. The molecule has 0 saturated carbocycles. The lowest BCUT2D eigenvalue weighted by Crippen LogP contribution is -2.59. The van der Waals surface area contributed by atoms with Crippen molar-refractivity contribution >= 4 is 29.2 Å². The fourth-order valence-electron chi connectivity index (χ4n) is 6.41. The quantitative estimate of drug-likeness (QED) is 0.360. The molecule has 1 aromatic heterocycles. The number of morpholine rings is 1. The number of amides is 2. The van der Waals surface area contributed by atoms with E-state index in [1.807, 2.05) is 30.7 Å². The van der Waals surface area contributed by atoms with E-state index in [0.29, 0.717) is 35.9 Å². The number of amidine groups is 1. The third-order valence-electron chi connectivity index (χ3n) is 9.10. The van der Waals surface area contributed by atoms with Crippen molar-refractivity contribution < 1.29 is 32.2 Å². The number of halogens is 3. The van der Waals surface area contributed by atoms with Gasteiger partial charge in [0.25, 0.3) is 5.91 Å². The van der Waals surface area contributed by atoms with Crippen LogP contribution in [0.25, 0.3) is 5.70 Å². The van der Waals surface area contributed by atoms with Crippen LogP contribution in [0.5, 0.6) is 5.75 Å². The highest BCUT2D eigenvalue weighted by molar-refractivity contribution is 6.06. The van der Waals surface area contributed by atoms with Gasteiger partial charge in [-0.25, -0.2) is 9.98 Å². The predicted octanol–water partition coefficient (Wildman–Crippen LogP) is 3.88. The van der Waals surface area contributed by atoms with Crippen molar-refractivity contribution in [1.29, 1.82) is 0 Å². The second-order valence-corrected chi connectivity index (χ2v) is 12.3. The third-order valence-corrected chi connectivity index (χ3v) is 9.10. The summed E-state index contributed by atoms with van der Waals surface area (Å²) in [6.07, 6.45) is 1.28. The number of aliphatic imine (C=N–C) groups is 1. The largest absolute Gasteiger partial charge is 0.493 e. The molecular formula is C34H43F3N8O4. The van der Waals surface area contributed by atoms with Gasteiger partial charge >= 0.3 is 6.18 Å². The van der Waals surface area contributed by atoms with Crippen molar-refractivity contribution in [3.63, 3.8) is 0 Å². The molecule has 2 amide bonds. The molecule has 0 bridgehead atoms. The van der Waals surface area contributed by atoms with Gasteiger partial charge in [0.1, 0.15) is 23.1 Å². The second kappa shape index (κ2) is 14.9. The number of carbonyl (C=O) groups is 2. The summed E-state index contributed by atoms with van der Waals surface area (Å²) in [7, 11) is 3.71. The molecule has 2 aromatic rings. The number of hydrogen-bond donors (Lipinski definition) is 3. The normalized spacial score (nSPS) is 23.2. The molecule has 4 atom stereocenters. The number of ether oxygens (including phenoxy) is 2. The molecule has 0 unspecified atom stereocenters. The minimum Gasteiger partial charge on any atom is -0.493 e. The van der Waals surface area contributed by atoms with E-state index in [2.05, 4.69) is 25.5 Å². The molecule has 0 aliphatic carbocycles. The molecule has 15 heteroatoms. The van der Waals surface area contributed by atoms with Crippen LogP contribution in [-0.2, 0) is 15.7 Å². The monoisotopic (exact) mass is 684 g/mol. The Balaban J connectivity index is 1.44. The van der Waals surface area contributed by atoms with Gasteiger partial charge in [-0.15, -0.1) is 0 Å². The summed E-state index contributed by atoms with van der Waals surface area (Å²) in [4.78, 5) is 41.0. The van der Waals surface area contributed by atoms with Gasteiger partial charge in [-0.2, -0.15) is 13.2 Å². The second-order valence-electron chi connectivity index (χ2n) is 12.3. The molecule has 3 aliphatic rings. The Morgan fingerprint density at radius 2 is 2.00 bits per heavy atom. The SMILES string of the molecule is CCOc1cc(C(=O)Nc2cc(C(F)(F)F)ccn2)ccc1/C(NC)=C1\C(N)=NC=CN1[C@@H](C)[C@H]1CN(C(=O)[C@@H]2CCCN2C)[C@H](C)CO1. The van der Waals surface area contributed by atoms with Gasteiger partial charge in [0.15, 0.2) is 0 Å². The van der Waals surface area contributed by atoms with E-state index in [-0.39, 0.29) is 54.0 Å². The zero-order valence-corrected chi connectivity index (χ0v) is 28.3. The van der Waals surface area contributed by atoms with E-state index in [1.54, 1.807) is 32.4 Å². The molecule has 0 spiro atoms. The van der Waals surface area contributed by atoms with Gasteiger partial charge in [-0.3, -0.25) is 14.5 Å². The first-order chi connectivity index (χ1) is 23.3. The molecule has 2 saturated heterocycles. The summed E-state index contributed by atoms with van der Waals surface area (Å²) >= 11 is 0. The number of nitrogens with two attached hydrogens (primary N) is 1. The van der Waals surface area contributed by atoms with Crippen LogP contribution in [0.1, 0.15) is 55.1 Å². The number of carbonyl (C=O) groups excluding carboxylic acids is 2. The molecule has 2 fully saturated rings. The average molecular weight is 685 g/mol. The minimum atomic E-state index is -4.58. The maximum Gasteiger partial charge on any atom is 0.416 e. The summed E-state index contributed by atoms with van der Waals surface area (Å²) in [5.41, 5.74) is 7.41. The minimum absolute atomic E-state index is 0.0646. The molecular weight excluding hydrogens is 641 g/mol. The van der Waals surface area contributed by atoms with Crippen LogP contribution in [0.3, 0.4) is 0 Å². The lowest BCUT2D eigenvalue weighted by Gasteiger charge is -2.44. The van der Waals surface area contributed by atoms with Crippen molar-refractivity contribution in [2.45, 2.75) is 64.0 Å². The summed E-state index contributed by atoms with van der Waals surface area (Å²) in [5.74, 6) is -0.231. The fraction of sp³-hybridized carbons (Fsp3) is 0.471. The van der Waals surface area contributed by atoms with Gasteiger partial charge < -0.3 is 35.6 Å². The number of likely N-dealkylation sites (N-methyl/N-ethyl adjacent to an activating group) is 1. The summed E-state index contributed by atoms with van der Waals surface area (Å²) < 4.78 is 51.9. The number of rotatable bonds is 9. The molecule has 3 aliphatic heterocycles. The van der Waals surface area contributed by atoms with Gasteiger partial charge in [-0.05, 0) is 77.5 Å². The smallest absolute Gasteiger partial charge is 0.416 e. The highest BCUT2D eigenvalue weighted by Crippen LogP contribution is 2.34. The van der Waals surface area contributed by atoms with E-state index in [1.165, 1.54) is 12.1 Å². The van der Waals surface area contributed by atoms with Crippen LogP contribution in [0.4, 0.5) is 19.0 Å². The Bertz CT molecular complexity index is 1650. The molecule has 264 valence electrons. The van der Waals surface area contributed by atoms with Crippen molar-refractivity contribution in [3.8, 4) is 5.75 Å². The first-order valence-corrected chi connectivity index (χ1v) is 16.3. The van der Waals surface area contributed by atoms with Crippen molar-refractivity contribution in [2.75, 3.05) is 45.7 Å². The van der Waals surface area contributed by atoms with Crippen molar-refractivity contribution in [1.82, 2.24) is 25.0 Å². The molecule has 5 rings (SSSR count). The van der Waals surface area contributed by atoms with E-state index >= 15 is 0 Å². The first kappa shape index (κ1) is 35.7. The molecule has 4 N–H and O–H groups in total. The zero-order valence-electron chi connectivity index (χ0n) is 28.3. The van der Waals surface area contributed by atoms with E-state index in [9.17, 15) is 22.8 Å². The van der Waals surface area contributed by atoms with Crippen LogP contribution >= 0.6 is 0 Å². The maximum atomic E-state index is 13.6. The number of nitrogens with one attached hydrogen (secondary N) is 2. The van der Waals surface area contributed by atoms with Gasteiger partial charge in [0.2, 0.25) is 5.91 Å². The van der Waals surface area contributed by atoms with Crippen molar-refractivity contribution in [2.24, 2.45) is 10.7 Å². The Morgan fingerprint density at radius 1 is 1.22 bits per heavy atom. The van der Waals surface area contributed by atoms with Gasteiger partial charge in [0, 0.05) is 43.3 Å². The topological polar surface area (TPSA) is 138 Å². The fourth-order valence-corrected chi connectivity index (χ4v) is 6.41. The number of likely N-dealkylation sites (tertiary alicyclic amines) is 1. The number of anilines is 1. The van der Waals surface area contributed by atoms with Crippen LogP contribution in [-0.4, -0.2) is 102 Å². The first-order valence-electron chi connectivity index (χ1n) is 16.3. The van der Waals surface area contributed by atoms with E-state index < -0.39 is 17.6 Å². The van der Waals surface area contributed by atoms with Gasteiger partial charge in [-0.1, -0.05) is 0 Å². The number of benzene rings is 1. The zero-order chi connectivity index (χ0) is 35.5. The number of pyridine rings is 1. The number of hydrogen-bond acceptors (Lipinski definition) is 10. The number of alkyl halides is 3. The Kier molecular flexibility index (Phi) is 10.8. The summed E-state index contributed by atoms with van der Waals surface area (Å²) in [5, 5.41) is 5.66. The molecule has 49 heavy (non-hydrogen) atoms. The van der Waals surface area contributed by atoms with Crippen molar-refractivity contribution in [3.05, 3.63) is 71.3 Å². The number of aromatic nitrogens is 1. The highest BCUT2D eigenvalue weighted by atomic mass is 19.4. The molecule has 1 aromatic carbocycles. The molecule has 12 nitrogen and oxygen atoms in total. The number of nitrogens with zero attached hydrogens (tertiary/aromatic N) is 5. The van der Waals surface area contributed by atoms with E-state index in [0.717, 1.165) is 37.7 Å². The Hall–Kier alpha value is -4.63. The highest BCUT2D eigenvalue weighted by Gasteiger charge is 2.40. The van der Waals surface area contributed by atoms with Crippen LogP contribution in [0.2, 0.25) is 0 Å². The predicted molar refractivity (Wildman–Crippen MR) is 179 cm³/mol. The lowest BCUT2D eigenvalue weighted by molar-refractivity contribution is -0.151. The van der Waals surface area contributed by atoms with Crippen LogP contribution < -0.4 is 21.1 Å². The van der Waals surface area contributed by atoms with E-state index in [4.69, 9.17) is 15.2 Å². The van der Waals surface area contributed by atoms with Crippen LogP contribution in [0, 0.1) is 0 Å².